The lowest BCUT2D eigenvalue weighted by molar-refractivity contribution is 0.501. The van der Waals surface area contributed by atoms with Crippen molar-refractivity contribution < 1.29 is 0 Å². The fraction of sp³-hybridized carbons (Fsp3) is 1.00. The van der Waals surface area contributed by atoms with Crippen LogP contribution in [0.25, 0.3) is 0 Å². The van der Waals surface area contributed by atoms with Gasteiger partial charge < -0.3 is 0 Å². The SMILES string of the molecule is Cl[C@@H]1CCC2SC1CC[C@H]2Cl. The van der Waals surface area contributed by atoms with E-state index in [-0.39, 0.29) is 0 Å². The highest BCUT2D eigenvalue weighted by molar-refractivity contribution is 8.00. The van der Waals surface area contributed by atoms with Crippen molar-refractivity contribution in [2.45, 2.75) is 46.9 Å². The molecule has 2 aliphatic rings. The highest BCUT2D eigenvalue weighted by atomic mass is 35.5. The molecule has 2 bridgehead atoms. The molecular weight excluding hydrogens is 199 g/mol. The molecule has 0 radical (unpaired) electrons. The molecule has 64 valence electrons. The van der Waals surface area contributed by atoms with Gasteiger partial charge in [-0.05, 0) is 25.7 Å². The molecule has 0 nitrogen and oxygen atoms in total. The Morgan fingerprint density at radius 3 is 1.73 bits per heavy atom. The summed E-state index contributed by atoms with van der Waals surface area (Å²) in [6.45, 7) is 0. The van der Waals surface area contributed by atoms with Gasteiger partial charge in [-0.2, -0.15) is 11.8 Å². The highest BCUT2D eigenvalue weighted by Crippen LogP contribution is 2.45. The summed E-state index contributed by atoms with van der Waals surface area (Å²) in [6, 6.07) is 0. The van der Waals surface area contributed by atoms with E-state index in [2.05, 4.69) is 0 Å². The van der Waals surface area contributed by atoms with Gasteiger partial charge in [0.2, 0.25) is 0 Å². The van der Waals surface area contributed by atoms with Gasteiger partial charge in [0.15, 0.2) is 0 Å². The third-order valence-electron chi connectivity index (χ3n) is 2.61. The maximum Gasteiger partial charge on any atom is 0.0455 e. The van der Waals surface area contributed by atoms with Crippen LogP contribution in [0.3, 0.4) is 0 Å². The maximum atomic E-state index is 6.17. The molecule has 2 saturated heterocycles. The predicted octanol–water partition coefficient (Wildman–Crippen LogP) is 3.26. The third-order valence-corrected chi connectivity index (χ3v) is 5.78. The minimum atomic E-state index is 0.417. The van der Waals surface area contributed by atoms with E-state index in [0.717, 1.165) is 0 Å². The van der Waals surface area contributed by atoms with Crippen LogP contribution in [-0.4, -0.2) is 21.3 Å². The number of thioether (sulfide) groups is 1. The normalized spacial score (nSPS) is 50.7. The van der Waals surface area contributed by atoms with Crippen LogP contribution >= 0.6 is 35.0 Å². The lowest BCUT2D eigenvalue weighted by atomic mass is 9.98. The predicted molar refractivity (Wildman–Crippen MR) is 52.9 cm³/mol. The molecule has 2 fully saturated rings. The van der Waals surface area contributed by atoms with Crippen LogP contribution < -0.4 is 0 Å². The average molecular weight is 211 g/mol. The van der Waals surface area contributed by atoms with Gasteiger partial charge in [-0.3, -0.25) is 0 Å². The first-order valence-corrected chi connectivity index (χ1v) is 6.02. The summed E-state index contributed by atoms with van der Waals surface area (Å²) >= 11 is 14.4. The maximum absolute atomic E-state index is 6.17. The second-order valence-corrected chi connectivity index (χ2v) is 6.00. The quantitative estimate of drug-likeness (QED) is 0.554. The summed E-state index contributed by atoms with van der Waals surface area (Å²) in [5.74, 6) is 0. The molecule has 2 rings (SSSR count). The van der Waals surface area contributed by atoms with Crippen LogP contribution in [-0.2, 0) is 0 Å². The van der Waals surface area contributed by atoms with Crippen molar-refractivity contribution in [3.8, 4) is 0 Å². The van der Waals surface area contributed by atoms with Crippen molar-refractivity contribution in [3.63, 3.8) is 0 Å². The molecule has 11 heavy (non-hydrogen) atoms. The second-order valence-electron chi connectivity index (χ2n) is 3.40. The molecule has 0 aromatic heterocycles. The molecule has 0 amide bonds. The number of rotatable bonds is 0. The van der Waals surface area contributed by atoms with Crippen molar-refractivity contribution in [1.82, 2.24) is 0 Å². The zero-order valence-corrected chi connectivity index (χ0v) is 8.63. The molecule has 0 N–H and O–H groups in total. The highest BCUT2D eigenvalue weighted by Gasteiger charge is 2.37. The van der Waals surface area contributed by atoms with Crippen molar-refractivity contribution in [2.24, 2.45) is 0 Å². The monoisotopic (exact) mass is 210 g/mol. The lowest BCUT2D eigenvalue weighted by Crippen LogP contribution is -2.37. The number of fused-ring (bicyclic) bond motifs is 2. The minimum Gasteiger partial charge on any atom is -0.152 e. The van der Waals surface area contributed by atoms with E-state index in [9.17, 15) is 0 Å². The van der Waals surface area contributed by atoms with Crippen LogP contribution in [0.2, 0.25) is 0 Å². The summed E-state index contributed by atoms with van der Waals surface area (Å²) in [4.78, 5) is 0. The topological polar surface area (TPSA) is 0 Å². The zero-order valence-electron chi connectivity index (χ0n) is 6.30. The molecule has 0 aliphatic carbocycles. The Bertz CT molecular complexity index is 135. The van der Waals surface area contributed by atoms with E-state index in [4.69, 9.17) is 23.2 Å². The standard InChI is InChI=1S/C8H12Cl2S/c9-5-1-3-7-6(10)2-4-8(5)11-7/h5-8H,1-4H2/t5-,6-,7?,8?/m1/s1. The number of hydrogen-bond donors (Lipinski definition) is 0. The molecular formula is C8H12Cl2S. The van der Waals surface area contributed by atoms with Crippen molar-refractivity contribution in [2.75, 3.05) is 0 Å². The minimum absolute atomic E-state index is 0.417. The van der Waals surface area contributed by atoms with E-state index in [0.29, 0.717) is 21.3 Å². The van der Waals surface area contributed by atoms with Gasteiger partial charge in [0.05, 0.1) is 0 Å². The summed E-state index contributed by atoms with van der Waals surface area (Å²) in [5, 5.41) is 2.23. The van der Waals surface area contributed by atoms with Gasteiger partial charge in [-0.15, -0.1) is 23.2 Å². The van der Waals surface area contributed by atoms with Gasteiger partial charge >= 0.3 is 0 Å². The van der Waals surface area contributed by atoms with Gasteiger partial charge in [0.1, 0.15) is 0 Å². The Labute approximate surface area is 82.0 Å². The molecule has 0 spiro atoms. The first kappa shape index (κ1) is 8.52. The first-order chi connectivity index (χ1) is 5.27. The Morgan fingerprint density at radius 1 is 0.818 bits per heavy atom. The fourth-order valence-electron chi connectivity index (χ4n) is 1.91. The van der Waals surface area contributed by atoms with E-state index in [1.54, 1.807) is 0 Å². The van der Waals surface area contributed by atoms with Crippen LogP contribution in [0.1, 0.15) is 25.7 Å². The largest absolute Gasteiger partial charge is 0.152 e. The summed E-state index contributed by atoms with van der Waals surface area (Å²) in [7, 11) is 0. The van der Waals surface area contributed by atoms with E-state index < -0.39 is 0 Å². The van der Waals surface area contributed by atoms with Crippen molar-refractivity contribution in [3.05, 3.63) is 0 Å². The first-order valence-electron chi connectivity index (χ1n) is 4.21. The van der Waals surface area contributed by atoms with Gasteiger partial charge in [0.25, 0.3) is 0 Å². The molecule has 0 aromatic rings. The smallest absolute Gasteiger partial charge is 0.0455 e. The zero-order chi connectivity index (χ0) is 7.84. The summed E-state index contributed by atoms with van der Waals surface area (Å²) in [6.07, 6.45) is 4.80. The average Bonchev–Trinajstić information content (AvgIpc) is 2.02. The van der Waals surface area contributed by atoms with E-state index >= 15 is 0 Å². The van der Waals surface area contributed by atoms with Gasteiger partial charge in [0, 0.05) is 21.3 Å². The second kappa shape index (κ2) is 3.35. The molecule has 4 atom stereocenters. The Balaban J connectivity index is 2.02. The Hall–Kier alpha value is 0.930. The van der Waals surface area contributed by atoms with Crippen molar-refractivity contribution >= 4 is 35.0 Å². The summed E-state index contributed by atoms with van der Waals surface area (Å²) < 4.78 is 0. The fourth-order valence-corrected chi connectivity index (χ4v) is 4.38. The van der Waals surface area contributed by atoms with E-state index in [1.807, 2.05) is 11.8 Å². The number of halogens is 2. The number of hydrogen-bond acceptors (Lipinski definition) is 1. The Kier molecular flexibility index (Phi) is 2.60. The van der Waals surface area contributed by atoms with Crippen LogP contribution in [0, 0.1) is 0 Å². The third kappa shape index (κ3) is 1.66. The molecule has 3 heteroatoms. The Morgan fingerprint density at radius 2 is 1.27 bits per heavy atom. The molecule has 0 saturated carbocycles. The molecule has 2 heterocycles. The molecule has 0 aromatic carbocycles. The summed E-state index contributed by atoms with van der Waals surface area (Å²) in [5.41, 5.74) is 0. The molecule has 2 unspecified atom stereocenters. The van der Waals surface area contributed by atoms with Crippen LogP contribution in [0.15, 0.2) is 0 Å². The van der Waals surface area contributed by atoms with Gasteiger partial charge in [-0.25, -0.2) is 0 Å². The van der Waals surface area contributed by atoms with Crippen LogP contribution in [0.4, 0.5) is 0 Å². The lowest BCUT2D eigenvalue weighted by Gasteiger charge is -2.39. The number of alkyl halides is 2. The van der Waals surface area contributed by atoms with Crippen molar-refractivity contribution in [1.29, 1.82) is 0 Å². The van der Waals surface area contributed by atoms with Crippen LogP contribution in [0.5, 0.6) is 0 Å². The van der Waals surface area contributed by atoms with Gasteiger partial charge in [-0.1, -0.05) is 0 Å². The molecule has 2 aliphatic heterocycles. The van der Waals surface area contributed by atoms with E-state index in [1.165, 1.54) is 25.7 Å².